The van der Waals surface area contributed by atoms with Gasteiger partial charge in [0.1, 0.15) is 6.04 Å². The maximum atomic E-state index is 12.4. The third kappa shape index (κ3) is 6.29. The smallest absolute Gasteiger partial charge is 0.242 e. The normalized spacial score (nSPS) is 21.2. The van der Waals surface area contributed by atoms with Crippen LogP contribution in [0.25, 0.3) is 0 Å². The molecule has 6 nitrogen and oxygen atoms in total. The van der Waals surface area contributed by atoms with Gasteiger partial charge in [0, 0.05) is 50.3 Å². The summed E-state index contributed by atoms with van der Waals surface area (Å²) in [5, 5.41) is 4.35. The van der Waals surface area contributed by atoms with Crippen molar-refractivity contribution in [3.63, 3.8) is 0 Å². The molecule has 3 heterocycles. The Bertz CT molecular complexity index is 492. The zero-order valence-electron chi connectivity index (χ0n) is 13.6. The molecule has 0 bridgehead atoms. The molecule has 1 aromatic rings. The van der Waals surface area contributed by atoms with E-state index in [0.29, 0.717) is 13.2 Å². The number of piperazine rings is 1. The molecule has 3 rings (SSSR count). The number of aryl methyl sites for hydroxylation is 1. The van der Waals surface area contributed by atoms with E-state index in [0.717, 1.165) is 44.3 Å². The lowest BCUT2D eigenvalue weighted by Gasteiger charge is -2.37. The molecule has 2 aliphatic heterocycles. The molecule has 0 aliphatic carbocycles. The van der Waals surface area contributed by atoms with Crippen LogP contribution in [0.2, 0.25) is 0 Å². The topological polar surface area (TPSA) is 57.7 Å². The lowest BCUT2D eigenvalue weighted by atomic mass is 10.2. The second kappa shape index (κ2) is 11.5. The largest absolute Gasteiger partial charge is 0.378 e. The van der Waals surface area contributed by atoms with Gasteiger partial charge in [-0.15, -0.1) is 48.6 Å². The molecule has 0 aromatic carbocycles. The Balaban J connectivity index is 0.00000176. The first-order valence-electron chi connectivity index (χ1n) is 7.46. The van der Waals surface area contributed by atoms with Crippen molar-refractivity contribution < 1.29 is 9.53 Å². The lowest BCUT2D eigenvalue weighted by Crippen LogP contribution is -2.56. The average molecular weight is 420 g/mol. The Morgan fingerprint density at radius 3 is 2.58 bits per heavy atom. The SMILES string of the molecule is Cc1ncc(CN2CCN(C(=O)C3COCCN3)CC2)s1.Cl.Cl.Cl. The van der Waals surface area contributed by atoms with Crippen LogP contribution < -0.4 is 5.32 Å². The third-order valence-electron chi connectivity index (χ3n) is 3.95. The Labute approximate surface area is 165 Å². The van der Waals surface area contributed by atoms with Crippen LogP contribution in [-0.2, 0) is 16.1 Å². The molecule has 0 spiro atoms. The average Bonchev–Trinajstić information content (AvgIpc) is 2.93. The maximum Gasteiger partial charge on any atom is 0.242 e. The van der Waals surface area contributed by atoms with Crippen LogP contribution in [0.15, 0.2) is 6.20 Å². The quantitative estimate of drug-likeness (QED) is 0.801. The van der Waals surface area contributed by atoms with Crippen LogP contribution in [0, 0.1) is 6.92 Å². The number of amides is 1. The molecule has 140 valence electrons. The fraction of sp³-hybridized carbons (Fsp3) is 0.714. The van der Waals surface area contributed by atoms with Gasteiger partial charge in [-0.3, -0.25) is 9.69 Å². The standard InChI is InChI=1S/C14H22N4O2S.3ClH/c1-11-16-8-12(21-11)9-17-3-5-18(6-4-17)14(19)13-10-20-7-2-15-13;;;/h8,13,15H,2-7,9-10H2,1H3;3*1H. The van der Waals surface area contributed by atoms with Crippen LogP contribution in [0.5, 0.6) is 0 Å². The van der Waals surface area contributed by atoms with Crippen molar-refractivity contribution in [2.75, 3.05) is 45.9 Å². The minimum absolute atomic E-state index is 0. The summed E-state index contributed by atoms with van der Waals surface area (Å²) in [6.45, 7) is 8.39. The van der Waals surface area contributed by atoms with Gasteiger partial charge in [-0.2, -0.15) is 0 Å². The summed E-state index contributed by atoms with van der Waals surface area (Å²) in [4.78, 5) is 22.3. The van der Waals surface area contributed by atoms with E-state index in [1.165, 1.54) is 4.88 Å². The molecule has 2 aliphatic rings. The number of nitrogens with zero attached hydrogens (tertiary/aromatic N) is 3. The van der Waals surface area contributed by atoms with E-state index in [9.17, 15) is 4.79 Å². The van der Waals surface area contributed by atoms with E-state index < -0.39 is 0 Å². The van der Waals surface area contributed by atoms with Gasteiger partial charge in [0.05, 0.1) is 18.2 Å². The first kappa shape index (κ1) is 23.9. The van der Waals surface area contributed by atoms with Crippen molar-refractivity contribution >= 4 is 54.5 Å². The Morgan fingerprint density at radius 2 is 2.04 bits per heavy atom. The molecule has 2 fully saturated rings. The number of morpholine rings is 1. The molecule has 0 radical (unpaired) electrons. The minimum atomic E-state index is -0.158. The highest BCUT2D eigenvalue weighted by Gasteiger charge is 2.28. The predicted molar refractivity (Wildman–Crippen MR) is 103 cm³/mol. The number of halogens is 3. The summed E-state index contributed by atoms with van der Waals surface area (Å²) >= 11 is 1.75. The number of carbonyl (C=O) groups is 1. The molecule has 1 aromatic heterocycles. The van der Waals surface area contributed by atoms with Gasteiger partial charge in [0.15, 0.2) is 0 Å². The van der Waals surface area contributed by atoms with Gasteiger partial charge >= 0.3 is 0 Å². The number of thiazole rings is 1. The fourth-order valence-electron chi connectivity index (χ4n) is 2.77. The van der Waals surface area contributed by atoms with Gasteiger partial charge < -0.3 is 15.0 Å². The molecule has 1 unspecified atom stereocenters. The number of nitrogens with one attached hydrogen (secondary N) is 1. The Kier molecular flexibility index (Phi) is 11.4. The van der Waals surface area contributed by atoms with E-state index >= 15 is 0 Å². The van der Waals surface area contributed by atoms with E-state index in [-0.39, 0.29) is 49.2 Å². The number of hydrogen-bond acceptors (Lipinski definition) is 6. The summed E-state index contributed by atoms with van der Waals surface area (Å²) in [7, 11) is 0. The first-order chi connectivity index (χ1) is 10.2. The number of aromatic nitrogens is 1. The van der Waals surface area contributed by atoms with E-state index in [4.69, 9.17) is 4.74 Å². The van der Waals surface area contributed by atoms with Crippen molar-refractivity contribution in [2.45, 2.75) is 19.5 Å². The molecular weight excluding hydrogens is 395 g/mol. The zero-order valence-corrected chi connectivity index (χ0v) is 16.9. The summed E-state index contributed by atoms with van der Waals surface area (Å²) in [5.74, 6) is 0.183. The van der Waals surface area contributed by atoms with Crippen molar-refractivity contribution in [1.82, 2.24) is 20.1 Å². The van der Waals surface area contributed by atoms with E-state index in [1.807, 2.05) is 18.0 Å². The van der Waals surface area contributed by atoms with Crippen LogP contribution in [0.3, 0.4) is 0 Å². The number of rotatable bonds is 3. The Morgan fingerprint density at radius 1 is 1.33 bits per heavy atom. The van der Waals surface area contributed by atoms with E-state index in [1.54, 1.807) is 11.3 Å². The monoisotopic (exact) mass is 418 g/mol. The predicted octanol–water partition coefficient (Wildman–Crippen LogP) is 1.35. The summed E-state index contributed by atoms with van der Waals surface area (Å²) in [6, 6.07) is -0.158. The highest BCUT2D eigenvalue weighted by atomic mass is 35.5. The van der Waals surface area contributed by atoms with Crippen LogP contribution in [0.4, 0.5) is 0 Å². The number of hydrogen-bond donors (Lipinski definition) is 1. The Hall–Kier alpha value is -0.150. The lowest BCUT2D eigenvalue weighted by molar-refractivity contribution is -0.138. The molecule has 1 N–H and O–H groups in total. The molecule has 0 saturated carbocycles. The van der Waals surface area contributed by atoms with Crippen molar-refractivity contribution in [3.05, 3.63) is 16.1 Å². The first-order valence-corrected chi connectivity index (χ1v) is 8.27. The summed E-state index contributed by atoms with van der Waals surface area (Å²) in [5.41, 5.74) is 0. The molecule has 24 heavy (non-hydrogen) atoms. The van der Waals surface area contributed by atoms with E-state index in [2.05, 4.69) is 15.2 Å². The second-order valence-electron chi connectivity index (χ2n) is 5.53. The molecule has 10 heteroatoms. The number of ether oxygens (including phenoxy) is 1. The summed E-state index contributed by atoms with van der Waals surface area (Å²) in [6.07, 6.45) is 1.96. The number of carbonyl (C=O) groups excluding carboxylic acids is 1. The molecular formula is C14H25Cl3N4O2S. The van der Waals surface area contributed by atoms with Crippen molar-refractivity contribution in [2.24, 2.45) is 0 Å². The highest BCUT2D eigenvalue weighted by Crippen LogP contribution is 2.15. The minimum Gasteiger partial charge on any atom is -0.378 e. The van der Waals surface area contributed by atoms with Crippen LogP contribution in [0.1, 0.15) is 9.88 Å². The highest BCUT2D eigenvalue weighted by molar-refractivity contribution is 7.11. The van der Waals surface area contributed by atoms with Crippen molar-refractivity contribution in [3.8, 4) is 0 Å². The van der Waals surface area contributed by atoms with Gasteiger partial charge in [-0.1, -0.05) is 0 Å². The van der Waals surface area contributed by atoms with Gasteiger partial charge in [0.25, 0.3) is 0 Å². The van der Waals surface area contributed by atoms with Crippen LogP contribution >= 0.6 is 48.6 Å². The second-order valence-corrected chi connectivity index (χ2v) is 6.85. The fourth-order valence-corrected chi connectivity index (χ4v) is 3.61. The molecule has 1 amide bonds. The van der Waals surface area contributed by atoms with Gasteiger partial charge in [-0.25, -0.2) is 4.98 Å². The third-order valence-corrected chi connectivity index (χ3v) is 4.85. The molecule has 1 atom stereocenters. The maximum absolute atomic E-state index is 12.4. The van der Waals surface area contributed by atoms with Crippen molar-refractivity contribution in [1.29, 1.82) is 0 Å². The molecule has 2 saturated heterocycles. The van der Waals surface area contributed by atoms with Crippen LogP contribution in [-0.4, -0.2) is 72.7 Å². The zero-order chi connectivity index (χ0) is 14.7. The van der Waals surface area contributed by atoms with Gasteiger partial charge in [-0.05, 0) is 6.92 Å². The van der Waals surface area contributed by atoms with Gasteiger partial charge in [0.2, 0.25) is 5.91 Å². The summed E-state index contributed by atoms with van der Waals surface area (Å²) < 4.78 is 5.37.